The molecule has 0 aliphatic heterocycles. The normalized spacial score (nSPS) is 10.9. The van der Waals surface area contributed by atoms with Crippen molar-refractivity contribution in [2.45, 2.75) is 19.8 Å². The molecule has 1 aromatic heterocycles. The van der Waals surface area contributed by atoms with Crippen molar-refractivity contribution in [3.8, 4) is 23.0 Å². The maximum absolute atomic E-state index is 12.8. The summed E-state index contributed by atoms with van der Waals surface area (Å²) in [5.41, 5.74) is 4.61. The van der Waals surface area contributed by atoms with Crippen molar-refractivity contribution in [3.63, 3.8) is 0 Å². The Morgan fingerprint density at radius 3 is 2.29 bits per heavy atom. The molecule has 7 nitrogen and oxygen atoms in total. The third-order valence-corrected chi connectivity index (χ3v) is 5.55. The molecule has 0 atom stereocenters. The molecule has 34 heavy (non-hydrogen) atoms. The Kier molecular flexibility index (Phi) is 6.79. The van der Waals surface area contributed by atoms with Crippen molar-refractivity contribution in [2.24, 2.45) is 0 Å². The number of benzene rings is 3. The van der Waals surface area contributed by atoms with Crippen LogP contribution in [0.3, 0.4) is 0 Å². The van der Waals surface area contributed by atoms with Gasteiger partial charge in [0.1, 0.15) is 22.6 Å². The predicted octanol–water partition coefficient (Wildman–Crippen LogP) is 5.76. The zero-order valence-corrected chi connectivity index (χ0v) is 20.2. The molecule has 4 aromatic rings. The van der Waals surface area contributed by atoms with Gasteiger partial charge in [-0.3, -0.25) is 10.1 Å². The Morgan fingerprint density at radius 2 is 1.68 bits per heavy atom. The summed E-state index contributed by atoms with van der Waals surface area (Å²) in [7, 11) is 2.98. The van der Waals surface area contributed by atoms with Gasteiger partial charge in [-0.15, -0.1) is 0 Å². The molecule has 0 aliphatic rings. The Morgan fingerprint density at radius 1 is 1.00 bits per heavy atom. The Balaban J connectivity index is 1.45. The van der Waals surface area contributed by atoms with Crippen molar-refractivity contribution in [1.29, 1.82) is 0 Å². The fraction of sp³-hybridized carbons (Fsp3) is 0.192. The number of hydrogen-bond acceptors (Lipinski definition) is 6. The summed E-state index contributed by atoms with van der Waals surface area (Å²) in [6.07, 6.45) is 0. The number of rotatable bonds is 6. The van der Waals surface area contributed by atoms with E-state index in [0.29, 0.717) is 29.0 Å². The van der Waals surface area contributed by atoms with Crippen LogP contribution in [0.5, 0.6) is 11.5 Å². The number of thiocarbonyl (C=S) groups is 1. The Bertz CT molecular complexity index is 1320. The van der Waals surface area contributed by atoms with Gasteiger partial charge in [0.2, 0.25) is 5.89 Å². The van der Waals surface area contributed by atoms with Crippen LogP contribution in [-0.2, 0) is 0 Å². The molecule has 0 spiro atoms. The van der Waals surface area contributed by atoms with E-state index >= 15 is 0 Å². The molecule has 0 aliphatic carbocycles. The van der Waals surface area contributed by atoms with Crippen molar-refractivity contribution in [2.75, 3.05) is 19.5 Å². The lowest BCUT2D eigenvalue weighted by Crippen LogP contribution is -2.34. The second-order valence-electron chi connectivity index (χ2n) is 7.92. The average Bonchev–Trinajstić information content (AvgIpc) is 3.27. The van der Waals surface area contributed by atoms with Gasteiger partial charge in [0.25, 0.3) is 5.91 Å². The number of hydrogen-bond donors (Lipinski definition) is 2. The van der Waals surface area contributed by atoms with E-state index in [4.69, 9.17) is 26.1 Å². The monoisotopic (exact) mass is 475 g/mol. The van der Waals surface area contributed by atoms with Crippen LogP contribution in [-0.4, -0.2) is 30.2 Å². The number of amides is 1. The molecule has 2 N–H and O–H groups in total. The molecule has 0 bridgehead atoms. The molecular formula is C26H25N3O4S. The second kappa shape index (κ2) is 9.93. The summed E-state index contributed by atoms with van der Waals surface area (Å²) in [5, 5.41) is 5.82. The summed E-state index contributed by atoms with van der Waals surface area (Å²) < 4.78 is 16.5. The number of fused-ring (bicyclic) bond motifs is 1. The first-order valence-corrected chi connectivity index (χ1v) is 11.1. The van der Waals surface area contributed by atoms with Gasteiger partial charge in [-0.05, 0) is 72.2 Å². The Labute approximate surface area is 203 Å². The minimum atomic E-state index is -0.435. The summed E-state index contributed by atoms with van der Waals surface area (Å²) in [4.78, 5) is 17.4. The molecule has 8 heteroatoms. The SMILES string of the molecule is COc1cccc(OC)c1C(=O)NC(=S)Nc1ccc(-c2nc3cc(C(C)C)ccc3o2)cc1. The highest BCUT2D eigenvalue weighted by Crippen LogP contribution is 2.29. The van der Waals surface area contributed by atoms with Gasteiger partial charge in [0.05, 0.1) is 14.2 Å². The topological polar surface area (TPSA) is 85.6 Å². The van der Waals surface area contributed by atoms with Crippen molar-refractivity contribution in [3.05, 3.63) is 71.8 Å². The molecule has 0 saturated heterocycles. The van der Waals surface area contributed by atoms with Crippen LogP contribution >= 0.6 is 12.2 Å². The number of carbonyl (C=O) groups is 1. The number of nitrogens with one attached hydrogen (secondary N) is 2. The minimum absolute atomic E-state index is 0.147. The van der Waals surface area contributed by atoms with Crippen LogP contribution in [0, 0.1) is 0 Å². The predicted molar refractivity (Wildman–Crippen MR) is 137 cm³/mol. The summed E-state index contributed by atoms with van der Waals surface area (Å²) >= 11 is 5.32. The van der Waals surface area contributed by atoms with Crippen LogP contribution in [0.15, 0.2) is 65.1 Å². The second-order valence-corrected chi connectivity index (χ2v) is 8.33. The summed E-state index contributed by atoms with van der Waals surface area (Å²) in [5.74, 6) is 1.31. The average molecular weight is 476 g/mol. The number of anilines is 1. The fourth-order valence-corrected chi connectivity index (χ4v) is 3.74. The lowest BCUT2D eigenvalue weighted by atomic mass is 10.0. The molecule has 174 valence electrons. The maximum Gasteiger partial charge on any atom is 0.264 e. The number of methoxy groups -OCH3 is 2. The molecule has 0 fully saturated rings. The first-order chi connectivity index (χ1) is 16.4. The first kappa shape index (κ1) is 23.3. The molecule has 3 aromatic carbocycles. The van der Waals surface area contributed by atoms with Gasteiger partial charge in [0, 0.05) is 11.3 Å². The summed E-state index contributed by atoms with van der Waals surface area (Å²) in [6.45, 7) is 4.29. The van der Waals surface area contributed by atoms with Crippen LogP contribution < -0.4 is 20.1 Å². The molecular weight excluding hydrogens is 450 g/mol. The van der Waals surface area contributed by atoms with E-state index in [9.17, 15) is 4.79 Å². The minimum Gasteiger partial charge on any atom is -0.496 e. The van der Waals surface area contributed by atoms with E-state index in [-0.39, 0.29) is 10.7 Å². The highest BCUT2D eigenvalue weighted by molar-refractivity contribution is 7.80. The van der Waals surface area contributed by atoms with Crippen molar-refractivity contribution < 1.29 is 18.7 Å². The van der Waals surface area contributed by atoms with E-state index in [1.807, 2.05) is 30.3 Å². The van der Waals surface area contributed by atoms with Gasteiger partial charge in [-0.25, -0.2) is 4.98 Å². The zero-order valence-electron chi connectivity index (χ0n) is 19.3. The van der Waals surface area contributed by atoms with Gasteiger partial charge < -0.3 is 19.2 Å². The molecule has 0 radical (unpaired) electrons. The van der Waals surface area contributed by atoms with Gasteiger partial charge in [-0.2, -0.15) is 0 Å². The van der Waals surface area contributed by atoms with Gasteiger partial charge in [-0.1, -0.05) is 26.0 Å². The highest BCUT2D eigenvalue weighted by Gasteiger charge is 2.19. The van der Waals surface area contributed by atoms with E-state index < -0.39 is 5.91 Å². The molecule has 4 rings (SSSR count). The lowest BCUT2D eigenvalue weighted by molar-refractivity contribution is 0.0971. The van der Waals surface area contributed by atoms with Gasteiger partial charge in [0.15, 0.2) is 10.7 Å². The van der Waals surface area contributed by atoms with Gasteiger partial charge >= 0.3 is 0 Å². The van der Waals surface area contributed by atoms with E-state index in [1.54, 1.807) is 18.2 Å². The Hall–Kier alpha value is -3.91. The van der Waals surface area contributed by atoms with Crippen LogP contribution in [0.2, 0.25) is 0 Å². The number of oxazole rings is 1. The number of ether oxygens (including phenoxy) is 2. The quantitative estimate of drug-likeness (QED) is 0.343. The third-order valence-electron chi connectivity index (χ3n) is 5.35. The standard InChI is InChI=1S/C26H25N3O4S/c1-15(2)17-10-13-20-19(14-17)28-25(33-20)16-8-11-18(12-9-16)27-26(34)29-24(30)23-21(31-3)6-5-7-22(23)32-4/h5-15H,1-4H3,(H2,27,29,30,34). The maximum atomic E-state index is 12.8. The molecule has 1 amide bonds. The van der Waals surface area contributed by atoms with E-state index in [1.165, 1.54) is 19.8 Å². The number of carbonyl (C=O) groups excluding carboxylic acids is 1. The van der Waals surface area contributed by atoms with Crippen LogP contribution in [0.1, 0.15) is 35.7 Å². The van der Waals surface area contributed by atoms with Crippen LogP contribution in [0.4, 0.5) is 5.69 Å². The molecule has 1 heterocycles. The van der Waals surface area contributed by atoms with E-state index in [0.717, 1.165) is 16.7 Å². The van der Waals surface area contributed by atoms with Crippen molar-refractivity contribution in [1.82, 2.24) is 10.3 Å². The number of aromatic nitrogens is 1. The first-order valence-electron chi connectivity index (χ1n) is 10.7. The lowest BCUT2D eigenvalue weighted by Gasteiger charge is -2.14. The molecule has 0 unspecified atom stereocenters. The van der Waals surface area contributed by atoms with E-state index in [2.05, 4.69) is 41.6 Å². The fourth-order valence-electron chi connectivity index (χ4n) is 3.53. The van der Waals surface area contributed by atoms with Crippen molar-refractivity contribution >= 4 is 40.0 Å². The number of nitrogens with zero attached hydrogens (tertiary/aromatic N) is 1. The smallest absolute Gasteiger partial charge is 0.264 e. The zero-order chi connectivity index (χ0) is 24.2. The largest absolute Gasteiger partial charge is 0.496 e. The summed E-state index contributed by atoms with van der Waals surface area (Å²) in [6, 6.07) is 18.6. The molecule has 0 saturated carbocycles. The highest BCUT2D eigenvalue weighted by atomic mass is 32.1. The van der Waals surface area contributed by atoms with Crippen LogP contribution in [0.25, 0.3) is 22.6 Å². The third kappa shape index (κ3) is 4.87.